The van der Waals surface area contributed by atoms with Crippen LogP contribution in [-0.4, -0.2) is 60.4 Å². The molecule has 1 saturated carbocycles. The highest BCUT2D eigenvalue weighted by Crippen LogP contribution is 2.23. The van der Waals surface area contributed by atoms with Crippen molar-refractivity contribution < 1.29 is 14.6 Å². The summed E-state index contributed by atoms with van der Waals surface area (Å²) in [6.45, 7) is 7.91. The van der Waals surface area contributed by atoms with Crippen LogP contribution in [0.2, 0.25) is 0 Å². The SMILES string of the molecule is CC(C)OCCCN1CCC([C@@H](O)C(=O)NC2CC2)CC1. The summed E-state index contributed by atoms with van der Waals surface area (Å²) < 4.78 is 5.55. The fourth-order valence-corrected chi connectivity index (χ4v) is 2.83. The van der Waals surface area contributed by atoms with Crippen molar-refractivity contribution >= 4 is 5.91 Å². The van der Waals surface area contributed by atoms with Gasteiger partial charge in [-0.25, -0.2) is 0 Å². The first-order valence-electron chi connectivity index (χ1n) is 8.38. The van der Waals surface area contributed by atoms with E-state index in [4.69, 9.17) is 4.74 Å². The summed E-state index contributed by atoms with van der Waals surface area (Å²) in [5, 5.41) is 13.0. The number of nitrogens with zero attached hydrogens (tertiary/aromatic N) is 1. The van der Waals surface area contributed by atoms with Gasteiger partial charge in [-0.3, -0.25) is 4.79 Å². The molecular weight excluding hydrogens is 268 g/mol. The van der Waals surface area contributed by atoms with Gasteiger partial charge >= 0.3 is 0 Å². The maximum Gasteiger partial charge on any atom is 0.249 e. The Labute approximate surface area is 128 Å². The van der Waals surface area contributed by atoms with Crippen LogP contribution in [0.3, 0.4) is 0 Å². The maximum absolute atomic E-state index is 11.9. The number of aliphatic hydroxyl groups is 1. The summed E-state index contributed by atoms with van der Waals surface area (Å²) in [6, 6.07) is 0.327. The standard InChI is InChI=1S/C16H30N2O3/c1-12(2)21-11-3-8-18-9-6-13(7-10-18)15(19)16(20)17-14-4-5-14/h12-15,19H,3-11H2,1-2H3,(H,17,20)/t15-/m1/s1. The summed E-state index contributed by atoms with van der Waals surface area (Å²) >= 11 is 0. The Bertz CT molecular complexity index is 323. The van der Waals surface area contributed by atoms with Gasteiger partial charge in [-0.1, -0.05) is 0 Å². The van der Waals surface area contributed by atoms with Gasteiger partial charge in [-0.2, -0.15) is 0 Å². The van der Waals surface area contributed by atoms with Crippen LogP contribution < -0.4 is 5.32 Å². The second-order valence-corrected chi connectivity index (χ2v) is 6.68. The normalized spacial score (nSPS) is 22.5. The molecule has 1 atom stereocenters. The largest absolute Gasteiger partial charge is 0.383 e. The topological polar surface area (TPSA) is 61.8 Å². The number of ether oxygens (including phenoxy) is 1. The molecule has 5 heteroatoms. The molecule has 0 aromatic heterocycles. The Hall–Kier alpha value is -0.650. The van der Waals surface area contributed by atoms with Gasteiger partial charge in [-0.15, -0.1) is 0 Å². The molecule has 2 fully saturated rings. The highest BCUT2D eigenvalue weighted by molar-refractivity contribution is 5.81. The molecule has 0 unspecified atom stereocenters. The van der Waals surface area contributed by atoms with E-state index in [2.05, 4.69) is 24.1 Å². The Morgan fingerprint density at radius 2 is 1.95 bits per heavy atom. The van der Waals surface area contributed by atoms with Crippen molar-refractivity contribution in [1.29, 1.82) is 0 Å². The average Bonchev–Trinajstić information content (AvgIpc) is 3.27. The van der Waals surface area contributed by atoms with Crippen LogP contribution in [0.15, 0.2) is 0 Å². The third kappa shape index (κ3) is 5.93. The Kier molecular flexibility index (Phi) is 6.45. The first-order chi connectivity index (χ1) is 10.1. The lowest BCUT2D eigenvalue weighted by Gasteiger charge is -2.33. The monoisotopic (exact) mass is 298 g/mol. The van der Waals surface area contributed by atoms with Crippen molar-refractivity contribution in [3.05, 3.63) is 0 Å². The molecule has 122 valence electrons. The molecule has 0 aromatic carbocycles. The second-order valence-electron chi connectivity index (χ2n) is 6.68. The van der Waals surface area contributed by atoms with Crippen molar-refractivity contribution in [3.63, 3.8) is 0 Å². The molecule has 2 rings (SSSR count). The van der Waals surface area contributed by atoms with Crippen LogP contribution >= 0.6 is 0 Å². The van der Waals surface area contributed by atoms with Crippen LogP contribution in [0, 0.1) is 5.92 Å². The number of nitrogens with one attached hydrogen (secondary N) is 1. The molecule has 0 radical (unpaired) electrons. The summed E-state index contributed by atoms with van der Waals surface area (Å²) in [7, 11) is 0. The molecule has 1 aliphatic carbocycles. The Morgan fingerprint density at radius 3 is 2.52 bits per heavy atom. The molecule has 2 aliphatic rings. The molecule has 0 spiro atoms. The van der Waals surface area contributed by atoms with E-state index < -0.39 is 6.10 Å². The van der Waals surface area contributed by atoms with Gasteiger partial charge in [0.25, 0.3) is 0 Å². The zero-order valence-electron chi connectivity index (χ0n) is 13.4. The first kappa shape index (κ1) is 16.7. The van der Waals surface area contributed by atoms with Crippen LogP contribution in [0.1, 0.15) is 46.0 Å². The molecule has 1 heterocycles. The van der Waals surface area contributed by atoms with Crippen LogP contribution in [-0.2, 0) is 9.53 Å². The van der Waals surface area contributed by atoms with E-state index in [-0.39, 0.29) is 11.8 Å². The molecule has 1 amide bonds. The lowest BCUT2D eigenvalue weighted by molar-refractivity contribution is -0.133. The van der Waals surface area contributed by atoms with Crippen molar-refractivity contribution in [1.82, 2.24) is 10.2 Å². The summed E-state index contributed by atoms with van der Waals surface area (Å²) in [5.74, 6) is -0.0480. The molecule has 0 aromatic rings. The molecule has 1 saturated heterocycles. The van der Waals surface area contributed by atoms with E-state index in [1.54, 1.807) is 0 Å². The molecule has 5 nitrogen and oxygen atoms in total. The van der Waals surface area contributed by atoms with Gasteiger partial charge < -0.3 is 20.1 Å². The number of hydrogen-bond donors (Lipinski definition) is 2. The average molecular weight is 298 g/mol. The minimum Gasteiger partial charge on any atom is -0.383 e. The van der Waals surface area contributed by atoms with Crippen molar-refractivity contribution in [2.24, 2.45) is 5.92 Å². The van der Waals surface area contributed by atoms with Gasteiger partial charge in [-0.05, 0) is 65.0 Å². The quantitative estimate of drug-likeness (QED) is 0.660. The number of carbonyl (C=O) groups excluding carboxylic acids is 1. The fourth-order valence-electron chi connectivity index (χ4n) is 2.83. The number of piperidine rings is 1. The molecule has 2 N–H and O–H groups in total. The van der Waals surface area contributed by atoms with E-state index in [1.807, 2.05) is 0 Å². The van der Waals surface area contributed by atoms with Gasteiger partial charge in [0.05, 0.1) is 6.10 Å². The smallest absolute Gasteiger partial charge is 0.249 e. The summed E-state index contributed by atoms with van der Waals surface area (Å²) in [4.78, 5) is 14.3. The third-order valence-electron chi connectivity index (χ3n) is 4.34. The van der Waals surface area contributed by atoms with Crippen LogP contribution in [0.4, 0.5) is 0 Å². The highest BCUT2D eigenvalue weighted by Gasteiger charge is 2.32. The Balaban J connectivity index is 1.59. The number of rotatable bonds is 8. The Morgan fingerprint density at radius 1 is 1.29 bits per heavy atom. The lowest BCUT2D eigenvalue weighted by Crippen LogP contribution is -2.45. The van der Waals surface area contributed by atoms with Gasteiger partial charge in [0.1, 0.15) is 6.10 Å². The lowest BCUT2D eigenvalue weighted by atomic mass is 9.90. The molecule has 21 heavy (non-hydrogen) atoms. The highest BCUT2D eigenvalue weighted by atomic mass is 16.5. The molecule has 0 bridgehead atoms. The minimum absolute atomic E-state index is 0.118. The summed E-state index contributed by atoms with van der Waals surface area (Å²) in [6.07, 6.45) is 4.47. The van der Waals surface area contributed by atoms with Crippen LogP contribution in [0.25, 0.3) is 0 Å². The minimum atomic E-state index is -0.822. The number of amides is 1. The van der Waals surface area contributed by atoms with E-state index in [0.717, 1.165) is 58.3 Å². The number of likely N-dealkylation sites (tertiary alicyclic amines) is 1. The number of hydrogen-bond acceptors (Lipinski definition) is 4. The van der Waals surface area contributed by atoms with Crippen molar-refractivity contribution in [2.45, 2.75) is 64.2 Å². The fraction of sp³-hybridized carbons (Fsp3) is 0.938. The zero-order valence-corrected chi connectivity index (χ0v) is 13.4. The van der Waals surface area contributed by atoms with E-state index in [9.17, 15) is 9.90 Å². The predicted octanol–water partition coefficient (Wildman–Crippen LogP) is 1.15. The van der Waals surface area contributed by atoms with Gasteiger partial charge in [0.2, 0.25) is 5.91 Å². The van der Waals surface area contributed by atoms with E-state index in [0.29, 0.717) is 12.1 Å². The van der Waals surface area contributed by atoms with Crippen LogP contribution in [0.5, 0.6) is 0 Å². The zero-order chi connectivity index (χ0) is 15.2. The first-order valence-corrected chi connectivity index (χ1v) is 8.38. The van der Waals surface area contributed by atoms with E-state index >= 15 is 0 Å². The van der Waals surface area contributed by atoms with E-state index in [1.165, 1.54) is 0 Å². The van der Waals surface area contributed by atoms with Gasteiger partial charge in [0.15, 0.2) is 0 Å². The maximum atomic E-state index is 11.9. The number of carbonyl (C=O) groups is 1. The molecular formula is C16H30N2O3. The number of aliphatic hydroxyl groups excluding tert-OH is 1. The van der Waals surface area contributed by atoms with Gasteiger partial charge in [0, 0.05) is 19.2 Å². The van der Waals surface area contributed by atoms with Crippen molar-refractivity contribution in [2.75, 3.05) is 26.2 Å². The third-order valence-corrected chi connectivity index (χ3v) is 4.34. The second kappa shape index (κ2) is 8.11. The van der Waals surface area contributed by atoms with Crippen molar-refractivity contribution in [3.8, 4) is 0 Å². The predicted molar refractivity (Wildman–Crippen MR) is 82.0 cm³/mol. The summed E-state index contributed by atoms with van der Waals surface area (Å²) in [5.41, 5.74) is 0. The molecule has 1 aliphatic heterocycles.